The minimum atomic E-state index is -0.601. The molecule has 0 saturated heterocycles. The van der Waals surface area contributed by atoms with Crippen LogP contribution >= 0.6 is 0 Å². The van der Waals surface area contributed by atoms with E-state index in [4.69, 9.17) is 9.15 Å². The maximum absolute atomic E-state index is 12.4. The third kappa shape index (κ3) is 4.95. The number of esters is 1. The molecular weight excluding hydrogens is 418 g/mol. The van der Waals surface area contributed by atoms with Crippen molar-refractivity contribution in [3.8, 4) is 0 Å². The van der Waals surface area contributed by atoms with Crippen molar-refractivity contribution in [1.29, 1.82) is 0 Å². The fourth-order valence-corrected chi connectivity index (χ4v) is 3.72. The van der Waals surface area contributed by atoms with E-state index in [9.17, 15) is 14.4 Å². The average molecular weight is 443 g/mol. The van der Waals surface area contributed by atoms with Gasteiger partial charge in [-0.15, -0.1) is 0 Å². The molecule has 0 unspecified atom stereocenters. The van der Waals surface area contributed by atoms with E-state index in [-0.39, 0.29) is 24.5 Å². The lowest BCUT2D eigenvalue weighted by Crippen LogP contribution is -2.30. The van der Waals surface area contributed by atoms with Crippen molar-refractivity contribution >= 4 is 33.6 Å². The van der Waals surface area contributed by atoms with Crippen LogP contribution in [0.25, 0.3) is 21.7 Å². The van der Waals surface area contributed by atoms with Crippen molar-refractivity contribution in [3.63, 3.8) is 0 Å². The zero-order valence-corrected chi connectivity index (χ0v) is 18.8. The highest BCUT2D eigenvalue weighted by atomic mass is 16.5. The first-order valence-corrected chi connectivity index (χ1v) is 10.7. The van der Waals surface area contributed by atoms with Gasteiger partial charge >= 0.3 is 11.6 Å². The van der Waals surface area contributed by atoms with E-state index >= 15 is 0 Å². The van der Waals surface area contributed by atoms with Gasteiger partial charge in [0.1, 0.15) is 18.7 Å². The number of ether oxygens (including phenoxy) is 1. The number of amides is 1. The molecule has 3 aromatic carbocycles. The summed E-state index contributed by atoms with van der Waals surface area (Å²) in [6, 6.07) is 19.9. The SMILES string of the molecule is CC(C)(C)c1ccc(C(=O)NCC(=O)OCc2cc(=O)oc3ccc4ccccc4c23)cc1. The second-order valence-electron chi connectivity index (χ2n) is 8.92. The molecule has 0 fully saturated rings. The lowest BCUT2D eigenvalue weighted by Gasteiger charge is -2.19. The maximum Gasteiger partial charge on any atom is 0.336 e. The van der Waals surface area contributed by atoms with Crippen LogP contribution in [0.15, 0.2) is 75.9 Å². The minimum absolute atomic E-state index is 0.0109. The number of benzene rings is 3. The van der Waals surface area contributed by atoms with Crippen molar-refractivity contribution in [2.75, 3.05) is 6.54 Å². The van der Waals surface area contributed by atoms with Crippen LogP contribution in [0.4, 0.5) is 0 Å². The third-order valence-corrected chi connectivity index (χ3v) is 5.51. The molecule has 0 saturated carbocycles. The van der Waals surface area contributed by atoms with Crippen LogP contribution in [-0.2, 0) is 21.6 Å². The van der Waals surface area contributed by atoms with Crippen LogP contribution in [0, 0.1) is 0 Å². The zero-order chi connectivity index (χ0) is 23.6. The molecule has 1 aromatic heterocycles. The summed E-state index contributed by atoms with van der Waals surface area (Å²) in [5.74, 6) is -0.958. The molecule has 6 heteroatoms. The standard InChI is InChI=1S/C27H25NO5/c1-27(2,3)20-11-8-18(9-12-20)26(31)28-15-24(30)32-16-19-14-23(29)33-22-13-10-17-6-4-5-7-21(17)25(19)22/h4-14H,15-16H2,1-3H3,(H,28,31). The van der Waals surface area contributed by atoms with Crippen molar-refractivity contribution in [2.45, 2.75) is 32.8 Å². The van der Waals surface area contributed by atoms with Gasteiger partial charge in [0.2, 0.25) is 0 Å². The molecular formula is C27H25NO5. The van der Waals surface area contributed by atoms with Crippen LogP contribution in [0.5, 0.6) is 0 Å². The van der Waals surface area contributed by atoms with Crippen molar-refractivity contribution < 1.29 is 18.7 Å². The predicted octanol–water partition coefficient (Wildman–Crippen LogP) is 4.72. The Bertz CT molecular complexity index is 1390. The summed E-state index contributed by atoms with van der Waals surface area (Å²) in [7, 11) is 0. The summed E-state index contributed by atoms with van der Waals surface area (Å²) in [5, 5.41) is 5.19. The van der Waals surface area contributed by atoms with Gasteiger partial charge in [0.15, 0.2) is 0 Å². The van der Waals surface area contributed by atoms with Gasteiger partial charge in [-0.1, -0.05) is 63.2 Å². The summed E-state index contributed by atoms with van der Waals surface area (Å²) < 4.78 is 10.7. The van der Waals surface area contributed by atoms with Gasteiger partial charge in [-0.25, -0.2) is 4.79 Å². The van der Waals surface area contributed by atoms with Crippen molar-refractivity contribution in [2.24, 2.45) is 0 Å². The van der Waals surface area contributed by atoms with Crippen molar-refractivity contribution in [3.05, 3.63) is 93.8 Å². The summed E-state index contributed by atoms with van der Waals surface area (Å²) in [6.45, 7) is 5.91. The van der Waals surface area contributed by atoms with Gasteiger partial charge in [-0.3, -0.25) is 9.59 Å². The highest BCUT2D eigenvalue weighted by Crippen LogP contribution is 2.27. The van der Waals surface area contributed by atoms with Crippen LogP contribution in [-0.4, -0.2) is 18.4 Å². The Kier molecular flexibility index (Phi) is 6.01. The molecule has 168 valence electrons. The Balaban J connectivity index is 1.43. The second kappa shape index (κ2) is 8.90. The first-order valence-electron chi connectivity index (χ1n) is 10.7. The first-order chi connectivity index (χ1) is 15.7. The molecule has 1 heterocycles. The zero-order valence-electron chi connectivity index (χ0n) is 18.8. The predicted molar refractivity (Wildman–Crippen MR) is 127 cm³/mol. The number of nitrogens with one attached hydrogen (secondary N) is 1. The molecule has 0 atom stereocenters. The Morgan fingerprint density at radius 1 is 0.970 bits per heavy atom. The lowest BCUT2D eigenvalue weighted by atomic mass is 9.87. The fourth-order valence-electron chi connectivity index (χ4n) is 3.72. The Morgan fingerprint density at radius 2 is 1.70 bits per heavy atom. The van der Waals surface area contributed by atoms with E-state index in [1.165, 1.54) is 6.07 Å². The average Bonchev–Trinajstić information content (AvgIpc) is 2.80. The molecule has 1 N–H and O–H groups in total. The summed E-state index contributed by atoms with van der Waals surface area (Å²) >= 11 is 0. The molecule has 6 nitrogen and oxygen atoms in total. The summed E-state index contributed by atoms with van der Waals surface area (Å²) in [5.41, 5.74) is 2.04. The van der Waals surface area contributed by atoms with Crippen LogP contribution in [0.2, 0.25) is 0 Å². The Hall–Kier alpha value is -3.93. The van der Waals surface area contributed by atoms with Crippen LogP contribution in [0.1, 0.15) is 42.3 Å². The number of hydrogen-bond acceptors (Lipinski definition) is 5. The monoisotopic (exact) mass is 443 g/mol. The molecule has 33 heavy (non-hydrogen) atoms. The van der Waals surface area contributed by atoms with E-state index in [0.29, 0.717) is 16.7 Å². The highest BCUT2D eigenvalue weighted by molar-refractivity contribution is 6.07. The van der Waals surface area contributed by atoms with E-state index in [0.717, 1.165) is 21.7 Å². The van der Waals surface area contributed by atoms with E-state index in [1.54, 1.807) is 18.2 Å². The Morgan fingerprint density at radius 3 is 2.42 bits per heavy atom. The molecule has 0 radical (unpaired) electrons. The van der Waals surface area contributed by atoms with E-state index in [2.05, 4.69) is 26.1 Å². The molecule has 0 aliphatic rings. The molecule has 0 aliphatic heterocycles. The third-order valence-electron chi connectivity index (χ3n) is 5.51. The lowest BCUT2D eigenvalue weighted by molar-refractivity contribution is -0.143. The summed E-state index contributed by atoms with van der Waals surface area (Å²) in [4.78, 5) is 36.6. The van der Waals surface area contributed by atoms with Crippen molar-refractivity contribution in [1.82, 2.24) is 5.32 Å². The second-order valence-corrected chi connectivity index (χ2v) is 8.92. The molecule has 4 aromatic rings. The van der Waals surface area contributed by atoms with Gasteiger partial charge in [0.05, 0.1) is 0 Å². The molecule has 0 bridgehead atoms. The molecule has 0 aliphatic carbocycles. The number of carbonyl (C=O) groups excluding carboxylic acids is 2. The normalized spacial score (nSPS) is 11.5. The largest absolute Gasteiger partial charge is 0.459 e. The molecule has 4 rings (SSSR count). The molecule has 1 amide bonds. The van der Waals surface area contributed by atoms with Gasteiger partial charge < -0.3 is 14.5 Å². The number of fused-ring (bicyclic) bond motifs is 3. The number of hydrogen-bond donors (Lipinski definition) is 1. The number of carbonyl (C=O) groups is 2. The maximum atomic E-state index is 12.4. The highest BCUT2D eigenvalue weighted by Gasteiger charge is 2.16. The minimum Gasteiger partial charge on any atom is -0.459 e. The van der Waals surface area contributed by atoms with Crippen LogP contribution < -0.4 is 10.9 Å². The van der Waals surface area contributed by atoms with Gasteiger partial charge in [-0.05, 0) is 39.9 Å². The Labute approximate surface area is 191 Å². The molecule has 0 spiro atoms. The van der Waals surface area contributed by atoms with Crippen LogP contribution in [0.3, 0.4) is 0 Å². The fraction of sp³-hybridized carbons (Fsp3) is 0.222. The van der Waals surface area contributed by atoms with E-state index in [1.807, 2.05) is 42.5 Å². The summed E-state index contributed by atoms with van der Waals surface area (Å²) in [6.07, 6.45) is 0. The quantitative estimate of drug-likeness (QED) is 0.274. The van der Waals surface area contributed by atoms with Gasteiger partial charge in [0, 0.05) is 22.6 Å². The van der Waals surface area contributed by atoms with E-state index < -0.39 is 11.6 Å². The number of rotatable bonds is 5. The smallest absolute Gasteiger partial charge is 0.336 e. The van der Waals surface area contributed by atoms with Gasteiger partial charge in [-0.2, -0.15) is 0 Å². The first kappa shape index (κ1) is 22.3. The van der Waals surface area contributed by atoms with Gasteiger partial charge in [0.25, 0.3) is 5.91 Å². The topological polar surface area (TPSA) is 85.6 Å².